The number of carbonyl (C=O) groups is 1. The number of hydrogen-bond acceptors (Lipinski definition) is 6. The molecule has 2 N–H and O–H groups in total. The van der Waals surface area contributed by atoms with Crippen molar-refractivity contribution in [3.05, 3.63) is 44.3 Å². The standard InChI is InChI=1S/C13H11N5O2S2/c1-2-18-9-7(4-3-5-14-9)6-8(11(18)20)10(19)15-12-16-17-13(21)22-12/h3-6H,2H2,1H3,(H,17,21)(H,15,16,19). The number of H-pyrrole nitrogens is 1. The van der Waals surface area contributed by atoms with E-state index in [0.717, 1.165) is 16.7 Å². The summed E-state index contributed by atoms with van der Waals surface area (Å²) in [6, 6.07) is 5.11. The van der Waals surface area contributed by atoms with Crippen molar-refractivity contribution in [1.29, 1.82) is 0 Å². The van der Waals surface area contributed by atoms with Crippen LogP contribution in [0.25, 0.3) is 11.0 Å². The van der Waals surface area contributed by atoms with E-state index in [0.29, 0.717) is 21.3 Å². The van der Waals surface area contributed by atoms with E-state index in [9.17, 15) is 9.59 Å². The van der Waals surface area contributed by atoms with Crippen LogP contribution in [0.1, 0.15) is 17.3 Å². The number of aryl methyl sites for hydroxylation is 1. The lowest BCUT2D eigenvalue weighted by Gasteiger charge is -2.09. The molecular formula is C13H11N5O2S2. The van der Waals surface area contributed by atoms with Crippen molar-refractivity contribution in [3.63, 3.8) is 0 Å². The molecule has 0 aliphatic heterocycles. The lowest BCUT2D eigenvalue weighted by Crippen LogP contribution is -2.29. The average molecular weight is 333 g/mol. The lowest BCUT2D eigenvalue weighted by molar-refractivity contribution is 0.102. The number of aromatic amines is 1. The summed E-state index contributed by atoms with van der Waals surface area (Å²) in [5, 5.41) is 10.0. The van der Waals surface area contributed by atoms with Gasteiger partial charge in [-0.25, -0.2) is 4.98 Å². The number of nitrogens with one attached hydrogen (secondary N) is 2. The van der Waals surface area contributed by atoms with Crippen molar-refractivity contribution in [2.45, 2.75) is 13.5 Å². The second-order valence-electron chi connectivity index (χ2n) is 4.40. The quantitative estimate of drug-likeness (QED) is 0.717. The lowest BCUT2D eigenvalue weighted by atomic mass is 10.2. The average Bonchev–Trinajstić information content (AvgIpc) is 2.91. The molecule has 7 nitrogen and oxygen atoms in total. The Morgan fingerprint density at radius 3 is 3.05 bits per heavy atom. The highest BCUT2D eigenvalue weighted by Crippen LogP contribution is 2.14. The molecule has 0 atom stereocenters. The molecule has 0 bridgehead atoms. The van der Waals surface area contributed by atoms with Gasteiger partial charge in [-0.05, 0) is 37.3 Å². The number of pyridine rings is 2. The minimum atomic E-state index is -0.518. The second kappa shape index (κ2) is 5.78. The first kappa shape index (κ1) is 14.5. The maximum absolute atomic E-state index is 12.5. The van der Waals surface area contributed by atoms with Gasteiger partial charge in [0.2, 0.25) is 5.13 Å². The van der Waals surface area contributed by atoms with E-state index in [1.54, 1.807) is 12.3 Å². The summed E-state index contributed by atoms with van der Waals surface area (Å²) in [6.45, 7) is 2.26. The molecule has 3 aromatic heterocycles. The normalized spacial score (nSPS) is 10.8. The number of hydrogen-bond donors (Lipinski definition) is 2. The summed E-state index contributed by atoms with van der Waals surface area (Å²) in [4.78, 5) is 29.0. The molecule has 0 aromatic carbocycles. The first-order chi connectivity index (χ1) is 10.6. The third kappa shape index (κ3) is 2.55. The Kier molecular flexibility index (Phi) is 3.82. The third-order valence-corrected chi connectivity index (χ3v) is 4.07. The van der Waals surface area contributed by atoms with Crippen LogP contribution < -0.4 is 10.9 Å². The molecule has 0 saturated carbocycles. The maximum Gasteiger partial charge on any atom is 0.265 e. The van der Waals surface area contributed by atoms with Crippen molar-refractivity contribution in [3.8, 4) is 0 Å². The molecule has 0 saturated heterocycles. The van der Waals surface area contributed by atoms with E-state index in [1.807, 2.05) is 13.0 Å². The zero-order chi connectivity index (χ0) is 15.7. The Balaban J connectivity index is 2.10. The van der Waals surface area contributed by atoms with Gasteiger partial charge in [-0.1, -0.05) is 11.3 Å². The van der Waals surface area contributed by atoms with Gasteiger partial charge in [0, 0.05) is 18.1 Å². The van der Waals surface area contributed by atoms with Crippen LogP contribution in [0.2, 0.25) is 0 Å². The van der Waals surface area contributed by atoms with Gasteiger partial charge in [0.25, 0.3) is 11.5 Å². The number of rotatable bonds is 3. The molecule has 0 aliphatic rings. The van der Waals surface area contributed by atoms with Gasteiger partial charge in [-0.15, -0.1) is 5.10 Å². The Morgan fingerprint density at radius 2 is 2.36 bits per heavy atom. The van der Waals surface area contributed by atoms with E-state index >= 15 is 0 Å². The fourth-order valence-corrected chi connectivity index (χ4v) is 2.89. The zero-order valence-corrected chi connectivity index (χ0v) is 13.1. The van der Waals surface area contributed by atoms with Crippen LogP contribution in [-0.2, 0) is 6.54 Å². The summed E-state index contributed by atoms with van der Waals surface area (Å²) in [5.41, 5.74) is 0.218. The van der Waals surface area contributed by atoms with Crippen molar-refractivity contribution < 1.29 is 4.79 Å². The molecule has 3 aromatic rings. The summed E-state index contributed by atoms with van der Waals surface area (Å²) >= 11 is 6.03. The number of amides is 1. The van der Waals surface area contributed by atoms with E-state index in [1.165, 1.54) is 10.6 Å². The Morgan fingerprint density at radius 1 is 1.55 bits per heavy atom. The molecule has 1 amide bonds. The van der Waals surface area contributed by atoms with Crippen LogP contribution in [-0.4, -0.2) is 25.7 Å². The van der Waals surface area contributed by atoms with E-state index in [2.05, 4.69) is 20.5 Å². The Hall–Kier alpha value is -2.39. The van der Waals surface area contributed by atoms with Crippen LogP contribution in [0.15, 0.2) is 29.2 Å². The number of anilines is 1. The van der Waals surface area contributed by atoms with E-state index < -0.39 is 5.91 Å². The molecule has 0 radical (unpaired) electrons. The minimum Gasteiger partial charge on any atom is -0.296 e. The van der Waals surface area contributed by atoms with Crippen molar-refractivity contribution >= 4 is 45.6 Å². The fraction of sp³-hybridized carbons (Fsp3) is 0.154. The molecule has 3 heterocycles. The minimum absolute atomic E-state index is 0.0449. The monoisotopic (exact) mass is 333 g/mol. The van der Waals surface area contributed by atoms with Crippen molar-refractivity contribution in [2.24, 2.45) is 0 Å². The molecule has 112 valence electrons. The van der Waals surface area contributed by atoms with Gasteiger partial charge >= 0.3 is 0 Å². The number of fused-ring (bicyclic) bond motifs is 1. The Bertz CT molecular complexity index is 972. The molecule has 0 aliphatic carbocycles. The van der Waals surface area contributed by atoms with Crippen molar-refractivity contribution in [1.82, 2.24) is 19.7 Å². The van der Waals surface area contributed by atoms with Crippen LogP contribution >= 0.6 is 23.6 Å². The Labute approximate surface area is 133 Å². The number of carbonyl (C=O) groups excluding carboxylic acids is 1. The fourth-order valence-electron chi connectivity index (χ4n) is 2.11. The summed E-state index contributed by atoms with van der Waals surface area (Å²) in [6.07, 6.45) is 1.62. The van der Waals surface area contributed by atoms with Crippen LogP contribution in [0.4, 0.5) is 5.13 Å². The molecule has 9 heteroatoms. The van der Waals surface area contributed by atoms with E-state index in [4.69, 9.17) is 12.2 Å². The predicted molar refractivity (Wildman–Crippen MR) is 86.9 cm³/mol. The van der Waals surface area contributed by atoms with Crippen LogP contribution in [0.3, 0.4) is 0 Å². The predicted octanol–water partition coefficient (Wildman–Crippen LogP) is 2.18. The molecular weight excluding hydrogens is 322 g/mol. The van der Waals surface area contributed by atoms with E-state index in [-0.39, 0.29) is 11.1 Å². The van der Waals surface area contributed by atoms with Gasteiger partial charge in [-0.2, -0.15) is 0 Å². The maximum atomic E-state index is 12.5. The largest absolute Gasteiger partial charge is 0.296 e. The van der Waals surface area contributed by atoms with Gasteiger partial charge < -0.3 is 0 Å². The van der Waals surface area contributed by atoms with Crippen LogP contribution in [0.5, 0.6) is 0 Å². The molecule has 22 heavy (non-hydrogen) atoms. The van der Waals surface area contributed by atoms with Gasteiger partial charge in [0.1, 0.15) is 11.2 Å². The van der Waals surface area contributed by atoms with Gasteiger partial charge in [0.05, 0.1) is 0 Å². The van der Waals surface area contributed by atoms with Gasteiger partial charge in [0.15, 0.2) is 3.95 Å². The molecule has 0 unspecified atom stereocenters. The summed E-state index contributed by atoms with van der Waals surface area (Å²) in [5.74, 6) is -0.518. The third-order valence-electron chi connectivity index (χ3n) is 3.07. The first-order valence-corrected chi connectivity index (χ1v) is 7.68. The van der Waals surface area contributed by atoms with Crippen molar-refractivity contribution in [2.75, 3.05) is 5.32 Å². The highest BCUT2D eigenvalue weighted by atomic mass is 32.1. The summed E-state index contributed by atoms with van der Waals surface area (Å²) < 4.78 is 1.92. The number of aromatic nitrogens is 4. The molecule has 0 fully saturated rings. The summed E-state index contributed by atoms with van der Waals surface area (Å²) in [7, 11) is 0. The molecule has 3 rings (SSSR count). The van der Waals surface area contributed by atoms with Gasteiger partial charge in [-0.3, -0.25) is 24.6 Å². The highest BCUT2D eigenvalue weighted by Gasteiger charge is 2.16. The SMILES string of the molecule is CCn1c(=O)c(C(=O)Nc2n[nH]c(=S)s2)cc2cccnc21. The topological polar surface area (TPSA) is 92.7 Å². The highest BCUT2D eigenvalue weighted by molar-refractivity contribution is 7.73. The zero-order valence-electron chi connectivity index (χ0n) is 11.5. The smallest absolute Gasteiger partial charge is 0.265 e. The second-order valence-corrected chi connectivity index (χ2v) is 6.06. The molecule has 0 spiro atoms. The first-order valence-electron chi connectivity index (χ1n) is 6.45. The number of nitrogens with zero attached hydrogens (tertiary/aromatic N) is 3. The van der Waals surface area contributed by atoms with Crippen LogP contribution in [0, 0.1) is 3.95 Å².